The molecule has 0 aromatic heterocycles. The molecule has 0 unspecified atom stereocenters. The first-order valence-electron chi connectivity index (χ1n) is 19.0. The lowest BCUT2D eigenvalue weighted by atomic mass is 10.1. The molecule has 9 nitrogen and oxygen atoms in total. The van der Waals surface area contributed by atoms with Crippen LogP contribution >= 0.6 is 36.4 Å². The van der Waals surface area contributed by atoms with Crippen molar-refractivity contribution in [3.8, 4) is 0 Å². The van der Waals surface area contributed by atoms with E-state index in [0.29, 0.717) is 61.0 Å². The van der Waals surface area contributed by atoms with Crippen LogP contribution in [0.3, 0.4) is 0 Å². The second-order valence-electron chi connectivity index (χ2n) is 13.6. The SMILES string of the molecule is Cl.Cl.Nc1ccc(N2CCCCC2)c(F)c1.O=C(CNc1ccc(N2CCN(CC(=O)c3ccccc3)CC2)c(F)c1)c1ccccc1.O=C(Cl)OCc1ccccc1. The average Bonchev–Trinajstić information content (AvgIpc) is 3.24. The first kappa shape index (κ1) is 48.2. The topological polar surface area (TPSA) is 108 Å². The van der Waals surface area contributed by atoms with E-state index < -0.39 is 5.43 Å². The van der Waals surface area contributed by atoms with Gasteiger partial charge in [0.1, 0.15) is 18.2 Å². The molecule has 5 aromatic carbocycles. The first-order valence-corrected chi connectivity index (χ1v) is 19.4. The van der Waals surface area contributed by atoms with Crippen molar-refractivity contribution in [1.29, 1.82) is 0 Å². The van der Waals surface area contributed by atoms with Crippen LogP contribution in [0.5, 0.6) is 0 Å². The van der Waals surface area contributed by atoms with Crippen molar-refractivity contribution < 1.29 is 27.9 Å². The minimum atomic E-state index is -0.770. The van der Waals surface area contributed by atoms with Gasteiger partial charge in [-0.2, -0.15) is 0 Å². The van der Waals surface area contributed by atoms with Gasteiger partial charge in [0.2, 0.25) is 0 Å². The van der Waals surface area contributed by atoms with Crippen LogP contribution < -0.4 is 20.9 Å². The van der Waals surface area contributed by atoms with E-state index >= 15 is 0 Å². The molecule has 0 bridgehead atoms. The van der Waals surface area contributed by atoms with Gasteiger partial charge in [0.05, 0.1) is 24.5 Å². The van der Waals surface area contributed by atoms with Gasteiger partial charge in [-0.3, -0.25) is 14.5 Å². The van der Waals surface area contributed by atoms with E-state index in [2.05, 4.69) is 19.9 Å². The Kier molecular flexibility index (Phi) is 20.7. The molecular formula is C45H50Cl3F2N5O4. The van der Waals surface area contributed by atoms with E-state index in [1.165, 1.54) is 18.6 Å². The number of piperazine rings is 1. The van der Waals surface area contributed by atoms with Gasteiger partial charge in [0, 0.05) is 73.4 Å². The van der Waals surface area contributed by atoms with Gasteiger partial charge in [0.25, 0.3) is 0 Å². The van der Waals surface area contributed by atoms with Crippen molar-refractivity contribution in [2.24, 2.45) is 0 Å². The zero-order valence-corrected chi connectivity index (χ0v) is 35.0. The number of rotatable bonds is 11. The highest BCUT2D eigenvalue weighted by molar-refractivity contribution is 6.61. The smallest absolute Gasteiger partial charge is 0.404 e. The van der Waals surface area contributed by atoms with E-state index in [4.69, 9.17) is 17.3 Å². The fourth-order valence-corrected chi connectivity index (χ4v) is 6.53. The summed E-state index contributed by atoms with van der Waals surface area (Å²) in [5.41, 5.74) is 9.30. The third-order valence-corrected chi connectivity index (χ3v) is 9.65. The molecule has 0 spiro atoms. The van der Waals surface area contributed by atoms with E-state index in [-0.39, 0.29) is 61.2 Å². The lowest BCUT2D eigenvalue weighted by molar-refractivity contribution is 0.0925. The quantitative estimate of drug-likeness (QED) is 0.0762. The molecule has 0 aliphatic carbocycles. The van der Waals surface area contributed by atoms with Gasteiger partial charge in [-0.25, -0.2) is 13.6 Å². The number of benzene rings is 5. The second-order valence-corrected chi connectivity index (χ2v) is 13.9. The number of nitrogens with one attached hydrogen (secondary N) is 1. The molecule has 2 saturated heterocycles. The molecule has 2 fully saturated rings. The number of nitrogens with two attached hydrogens (primary N) is 1. The van der Waals surface area contributed by atoms with Gasteiger partial charge in [-0.05, 0) is 61.2 Å². The van der Waals surface area contributed by atoms with Crippen LogP contribution in [-0.4, -0.2) is 74.3 Å². The van der Waals surface area contributed by atoms with Crippen molar-refractivity contribution in [3.63, 3.8) is 0 Å². The maximum atomic E-state index is 14.8. The summed E-state index contributed by atoms with van der Waals surface area (Å²) in [6, 6.07) is 37.6. The molecule has 5 aromatic rings. The van der Waals surface area contributed by atoms with Gasteiger partial charge in [-0.1, -0.05) is 91.0 Å². The van der Waals surface area contributed by atoms with Crippen LogP contribution in [0.15, 0.2) is 127 Å². The van der Waals surface area contributed by atoms with Crippen LogP contribution in [0.25, 0.3) is 0 Å². The number of Topliss-reactive ketones (excluding diaryl/α,β-unsaturated/α-hetero) is 2. The number of anilines is 4. The maximum Gasteiger partial charge on any atom is 0.404 e. The van der Waals surface area contributed by atoms with E-state index in [1.54, 1.807) is 36.4 Å². The number of ketones is 2. The van der Waals surface area contributed by atoms with E-state index in [1.807, 2.05) is 83.8 Å². The monoisotopic (exact) mass is 867 g/mol. The number of hydrogen-bond acceptors (Lipinski definition) is 9. The molecule has 3 N–H and O–H groups in total. The summed E-state index contributed by atoms with van der Waals surface area (Å²) in [5.74, 6) is -0.468. The minimum absolute atomic E-state index is 0. The van der Waals surface area contributed by atoms with Crippen molar-refractivity contribution in [2.45, 2.75) is 25.9 Å². The van der Waals surface area contributed by atoms with Gasteiger partial charge in [0.15, 0.2) is 11.6 Å². The maximum absolute atomic E-state index is 14.8. The Labute approximate surface area is 362 Å². The van der Waals surface area contributed by atoms with Crippen molar-refractivity contribution in [1.82, 2.24) is 4.90 Å². The van der Waals surface area contributed by atoms with Crippen LogP contribution in [0, 0.1) is 11.6 Å². The lowest BCUT2D eigenvalue weighted by Crippen LogP contribution is -2.48. The van der Waals surface area contributed by atoms with Crippen LogP contribution in [0.1, 0.15) is 45.5 Å². The largest absolute Gasteiger partial charge is 0.449 e. The van der Waals surface area contributed by atoms with Crippen LogP contribution in [0.2, 0.25) is 0 Å². The van der Waals surface area contributed by atoms with Crippen molar-refractivity contribution >= 4 is 76.2 Å². The van der Waals surface area contributed by atoms with Crippen molar-refractivity contribution in [3.05, 3.63) is 156 Å². The molecular weight excluding hydrogens is 819 g/mol. The fourth-order valence-electron chi connectivity index (χ4n) is 6.48. The molecule has 0 amide bonds. The molecule has 0 saturated carbocycles. The number of nitrogen functional groups attached to an aromatic ring is 1. The standard InChI is InChI=1S/C26H26FN3O2.C11H15FN2.C8H7ClO2.2ClH/c27-23-17-22(28-18-25(31)20-7-3-1-4-8-20)11-12-24(23)30-15-13-29(14-16-30)19-26(32)21-9-5-2-6-10-21;12-10-8-9(13)4-5-11(10)14-6-2-1-3-7-14;9-8(10)11-6-7-4-2-1-3-5-7;;/h1-12,17,28H,13-16,18-19H2;4-5,8H,1-3,6-7,13H2;1-5H,6H2;2*1H. The normalized spacial score (nSPS) is 13.5. The molecule has 2 aliphatic rings. The highest BCUT2D eigenvalue weighted by atomic mass is 35.5. The number of carbonyl (C=O) groups excluding carboxylic acids is 3. The lowest BCUT2D eigenvalue weighted by Gasteiger charge is -2.36. The Balaban J connectivity index is 0.000000283. The van der Waals surface area contributed by atoms with Crippen LogP contribution in [0.4, 0.5) is 36.3 Å². The predicted molar refractivity (Wildman–Crippen MR) is 239 cm³/mol. The average molecular weight is 869 g/mol. The number of nitrogens with zero attached hydrogens (tertiary/aromatic N) is 3. The Morgan fingerprint density at radius 3 is 1.68 bits per heavy atom. The molecule has 2 aliphatic heterocycles. The summed E-state index contributed by atoms with van der Waals surface area (Å²) in [5, 5.41) is 3.00. The minimum Gasteiger partial charge on any atom is -0.449 e. The van der Waals surface area contributed by atoms with Gasteiger partial charge in [-0.15, -0.1) is 24.8 Å². The number of ether oxygens (including phenoxy) is 1. The summed E-state index contributed by atoms with van der Waals surface area (Å²) in [7, 11) is 0. The van der Waals surface area contributed by atoms with Gasteiger partial charge < -0.3 is 25.6 Å². The Bertz CT molecular complexity index is 2040. The summed E-state index contributed by atoms with van der Waals surface area (Å²) in [6.07, 6.45) is 3.57. The highest BCUT2D eigenvalue weighted by Gasteiger charge is 2.22. The Morgan fingerprint density at radius 1 is 0.627 bits per heavy atom. The summed E-state index contributed by atoms with van der Waals surface area (Å²) < 4.78 is 32.8. The molecule has 59 heavy (non-hydrogen) atoms. The van der Waals surface area contributed by atoms with Crippen molar-refractivity contribution in [2.75, 3.05) is 73.2 Å². The highest BCUT2D eigenvalue weighted by Crippen LogP contribution is 2.26. The molecule has 7 rings (SSSR count). The number of carbonyl (C=O) groups is 3. The third kappa shape index (κ3) is 15.8. The zero-order valence-electron chi connectivity index (χ0n) is 32.6. The molecule has 0 atom stereocenters. The number of halogens is 5. The fraction of sp³-hybridized carbons (Fsp3) is 0.267. The zero-order chi connectivity index (χ0) is 40.4. The van der Waals surface area contributed by atoms with E-state index in [9.17, 15) is 23.2 Å². The van der Waals surface area contributed by atoms with E-state index in [0.717, 1.165) is 37.1 Å². The molecule has 2 heterocycles. The molecule has 0 radical (unpaired) electrons. The Hall–Kier alpha value is -5.20. The molecule has 14 heteroatoms. The predicted octanol–water partition coefficient (Wildman–Crippen LogP) is 9.93. The van der Waals surface area contributed by atoms with Crippen LogP contribution in [-0.2, 0) is 11.3 Å². The third-order valence-electron chi connectivity index (χ3n) is 9.54. The van der Waals surface area contributed by atoms with Gasteiger partial charge >= 0.3 is 5.43 Å². The first-order chi connectivity index (χ1) is 27.7. The summed E-state index contributed by atoms with van der Waals surface area (Å²) in [4.78, 5) is 41.0. The number of hydrogen-bond donors (Lipinski definition) is 2. The summed E-state index contributed by atoms with van der Waals surface area (Å²) in [6.45, 7) is 5.34. The second kappa shape index (κ2) is 25.3. The molecule has 314 valence electrons. The summed E-state index contributed by atoms with van der Waals surface area (Å²) >= 11 is 4.97. The number of piperidine rings is 1. The Morgan fingerprint density at radius 2 is 1.14 bits per heavy atom.